The van der Waals surface area contributed by atoms with Gasteiger partial charge >= 0.3 is 0 Å². The Hall–Kier alpha value is -2.71. The lowest BCUT2D eigenvalue weighted by molar-refractivity contribution is 0.171. The van der Waals surface area contributed by atoms with E-state index in [-0.39, 0.29) is 5.75 Å². The van der Waals surface area contributed by atoms with Crippen molar-refractivity contribution in [2.45, 2.75) is 13.0 Å². The second kappa shape index (κ2) is 7.76. The predicted octanol–water partition coefficient (Wildman–Crippen LogP) is 3.10. The summed E-state index contributed by atoms with van der Waals surface area (Å²) >= 11 is 0. The van der Waals surface area contributed by atoms with Gasteiger partial charge in [0.15, 0.2) is 11.5 Å². The van der Waals surface area contributed by atoms with Crippen molar-refractivity contribution < 1.29 is 17.9 Å². The summed E-state index contributed by atoms with van der Waals surface area (Å²) in [6.07, 6.45) is 2.23. The van der Waals surface area contributed by atoms with Gasteiger partial charge in [0.2, 0.25) is 0 Å². The van der Waals surface area contributed by atoms with Gasteiger partial charge < -0.3 is 19.4 Å². The average molecular weight is 442 g/mol. The number of anilines is 2. The van der Waals surface area contributed by atoms with Crippen molar-refractivity contribution in [3.05, 3.63) is 47.7 Å². The third kappa shape index (κ3) is 4.09. The first-order valence-electron chi connectivity index (χ1n) is 10.5. The number of rotatable bonds is 5. The number of hydrogen-bond acceptors (Lipinski definition) is 6. The van der Waals surface area contributed by atoms with Crippen LogP contribution in [-0.2, 0) is 29.9 Å². The molecule has 0 aliphatic carbocycles. The molecule has 5 rings (SSSR count). The highest BCUT2D eigenvalue weighted by molar-refractivity contribution is 7.90. The Balaban J connectivity index is 1.42. The van der Waals surface area contributed by atoms with Gasteiger partial charge in [-0.1, -0.05) is 0 Å². The van der Waals surface area contributed by atoms with Gasteiger partial charge in [0.25, 0.3) is 0 Å². The number of aromatic nitrogens is 1. The molecule has 0 radical (unpaired) electrons. The lowest BCUT2D eigenvalue weighted by atomic mass is 10.0. The Morgan fingerprint density at radius 2 is 1.77 bits per heavy atom. The van der Waals surface area contributed by atoms with E-state index in [4.69, 9.17) is 9.47 Å². The fraction of sp³-hybridized carbons (Fsp3) is 0.391. The highest BCUT2D eigenvalue weighted by Crippen LogP contribution is 2.35. The van der Waals surface area contributed by atoms with E-state index in [0.29, 0.717) is 19.8 Å². The number of sulfone groups is 1. The van der Waals surface area contributed by atoms with E-state index >= 15 is 0 Å². The molecule has 2 aromatic carbocycles. The molecule has 0 atom stereocenters. The summed E-state index contributed by atoms with van der Waals surface area (Å²) in [5.74, 6) is 1.74. The Morgan fingerprint density at radius 3 is 2.58 bits per heavy atom. The standard InChI is InChI=1S/C23H27N3O4S/c1-25-20-5-3-16(24-17-4-6-22-23(14-17)30-11-10-29-22)13-18(20)19-15-26(8-7-21(19)25)9-12-31(2,27)28/h3-6,13-14,24H,7-12,15H2,1-2H3. The summed E-state index contributed by atoms with van der Waals surface area (Å²) in [5.41, 5.74) is 5.78. The minimum Gasteiger partial charge on any atom is -0.486 e. The highest BCUT2D eigenvalue weighted by atomic mass is 32.2. The van der Waals surface area contributed by atoms with Gasteiger partial charge in [0, 0.05) is 73.4 Å². The average Bonchev–Trinajstić information content (AvgIpc) is 3.03. The van der Waals surface area contributed by atoms with Crippen LogP contribution in [0.25, 0.3) is 10.9 Å². The SMILES string of the molecule is Cn1c2c(c3cc(Nc4ccc5c(c4)OCCO5)ccc31)CN(CCS(C)(=O)=O)CC2. The first-order chi connectivity index (χ1) is 14.9. The minimum atomic E-state index is -2.96. The molecule has 1 aromatic heterocycles. The zero-order chi connectivity index (χ0) is 21.6. The normalized spacial score (nSPS) is 16.3. The minimum absolute atomic E-state index is 0.198. The summed E-state index contributed by atoms with van der Waals surface area (Å²) < 4.78 is 36.7. The number of ether oxygens (including phenoxy) is 2. The summed E-state index contributed by atoms with van der Waals surface area (Å²) in [6.45, 7) is 3.37. The van der Waals surface area contributed by atoms with Crippen molar-refractivity contribution in [3.63, 3.8) is 0 Å². The monoisotopic (exact) mass is 441 g/mol. The molecule has 0 saturated carbocycles. The van der Waals surface area contributed by atoms with E-state index < -0.39 is 9.84 Å². The number of nitrogens with one attached hydrogen (secondary N) is 1. The molecule has 31 heavy (non-hydrogen) atoms. The molecule has 7 nitrogen and oxygen atoms in total. The maximum Gasteiger partial charge on any atom is 0.163 e. The van der Waals surface area contributed by atoms with Crippen molar-refractivity contribution in [1.29, 1.82) is 0 Å². The molecule has 2 aliphatic heterocycles. The van der Waals surface area contributed by atoms with E-state index in [2.05, 4.69) is 40.0 Å². The Bertz CT molecular complexity index is 1250. The molecule has 0 bridgehead atoms. The fourth-order valence-corrected chi connectivity index (χ4v) is 5.08. The first kappa shape index (κ1) is 20.2. The summed E-state index contributed by atoms with van der Waals surface area (Å²) in [7, 11) is -0.850. The van der Waals surface area contributed by atoms with Gasteiger partial charge in [-0.3, -0.25) is 4.90 Å². The van der Waals surface area contributed by atoms with Gasteiger partial charge in [0.05, 0.1) is 5.75 Å². The molecule has 0 amide bonds. The van der Waals surface area contributed by atoms with Crippen molar-refractivity contribution in [3.8, 4) is 11.5 Å². The largest absolute Gasteiger partial charge is 0.486 e. The topological polar surface area (TPSA) is 72.8 Å². The number of benzene rings is 2. The van der Waals surface area contributed by atoms with Crippen LogP contribution in [0.4, 0.5) is 11.4 Å². The highest BCUT2D eigenvalue weighted by Gasteiger charge is 2.23. The molecule has 0 unspecified atom stereocenters. The van der Waals surface area contributed by atoms with Crippen LogP contribution in [0.5, 0.6) is 11.5 Å². The van der Waals surface area contributed by atoms with Gasteiger partial charge in [0.1, 0.15) is 23.1 Å². The van der Waals surface area contributed by atoms with E-state index in [1.54, 1.807) is 0 Å². The van der Waals surface area contributed by atoms with Crippen LogP contribution in [0, 0.1) is 0 Å². The van der Waals surface area contributed by atoms with Crippen LogP contribution in [0.15, 0.2) is 36.4 Å². The number of fused-ring (bicyclic) bond motifs is 4. The third-order valence-corrected chi connectivity index (χ3v) is 7.02. The predicted molar refractivity (Wildman–Crippen MR) is 122 cm³/mol. The molecule has 3 heterocycles. The molecule has 0 fully saturated rings. The van der Waals surface area contributed by atoms with E-state index in [1.165, 1.54) is 28.4 Å². The first-order valence-corrected chi connectivity index (χ1v) is 12.6. The van der Waals surface area contributed by atoms with Crippen LogP contribution in [0.3, 0.4) is 0 Å². The molecule has 8 heteroatoms. The van der Waals surface area contributed by atoms with Gasteiger partial charge in [-0.25, -0.2) is 8.42 Å². The van der Waals surface area contributed by atoms with E-state index in [9.17, 15) is 8.42 Å². The molecular formula is C23H27N3O4S. The van der Waals surface area contributed by atoms with Crippen molar-refractivity contribution in [2.75, 3.05) is 43.6 Å². The van der Waals surface area contributed by atoms with Gasteiger partial charge in [-0.2, -0.15) is 0 Å². The molecule has 3 aromatic rings. The lowest BCUT2D eigenvalue weighted by Gasteiger charge is -2.27. The zero-order valence-corrected chi connectivity index (χ0v) is 18.7. The lowest BCUT2D eigenvalue weighted by Crippen LogP contribution is -2.34. The zero-order valence-electron chi connectivity index (χ0n) is 17.8. The molecule has 164 valence electrons. The van der Waals surface area contributed by atoms with Crippen LogP contribution < -0.4 is 14.8 Å². The molecule has 1 N–H and O–H groups in total. The number of aryl methyl sites for hydroxylation is 1. The smallest absolute Gasteiger partial charge is 0.163 e. The van der Waals surface area contributed by atoms with Gasteiger partial charge in [-0.05, 0) is 35.9 Å². The van der Waals surface area contributed by atoms with Gasteiger partial charge in [-0.15, -0.1) is 0 Å². The third-order valence-electron chi connectivity index (χ3n) is 6.09. The number of hydrogen-bond donors (Lipinski definition) is 1. The van der Waals surface area contributed by atoms with Crippen molar-refractivity contribution in [2.24, 2.45) is 7.05 Å². The summed E-state index contributed by atoms with van der Waals surface area (Å²) in [5, 5.41) is 4.69. The van der Waals surface area contributed by atoms with E-state index in [1.807, 2.05) is 18.2 Å². The molecule has 0 spiro atoms. The van der Waals surface area contributed by atoms with Crippen molar-refractivity contribution >= 4 is 32.1 Å². The fourth-order valence-electron chi connectivity index (χ4n) is 4.49. The number of nitrogens with zero attached hydrogens (tertiary/aromatic N) is 2. The van der Waals surface area contributed by atoms with Crippen LogP contribution in [0.1, 0.15) is 11.3 Å². The van der Waals surface area contributed by atoms with Crippen LogP contribution in [0.2, 0.25) is 0 Å². The van der Waals surface area contributed by atoms with Crippen molar-refractivity contribution in [1.82, 2.24) is 9.47 Å². The maximum atomic E-state index is 11.6. The summed E-state index contributed by atoms with van der Waals surface area (Å²) in [4.78, 5) is 2.24. The Kier molecular flexibility index (Phi) is 5.06. The second-order valence-corrected chi connectivity index (χ2v) is 10.6. The summed E-state index contributed by atoms with van der Waals surface area (Å²) in [6, 6.07) is 12.3. The maximum absolute atomic E-state index is 11.6. The quantitative estimate of drug-likeness (QED) is 0.656. The van der Waals surface area contributed by atoms with E-state index in [0.717, 1.165) is 42.4 Å². The van der Waals surface area contributed by atoms with Crippen LogP contribution >= 0.6 is 0 Å². The Labute approximate surface area is 182 Å². The molecular weight excluding hydrogens is 414 g/mol. The second-order valence-electron chi connectivity index (χ2n) is 8.36. The molecule has 2 aliphatic rings. The van der Waals surface area contributed by atoms with Crippen LogP contribution in [-0.4, -0.2) is 56.2 Å². The molecule has 0 saturated heterocycles. The Morgan fingerprint density at radius 1 is 1.03 bits per heavy atom.